The molecule has 0 amide bonds. The molecule has 0 N–H and O–H groups in total. The molecule has 2 saturated heterocycles. The zero-order valence-corrected chi connectivity index (χ0v) is 16.4. The Kier molecular flexibility index (Phi) is 5.33. The van der Waals surface area contributed by atoms with E-state index >= 15 is 0 Å². The molecule has 28 heavy (non-hydrogen) atoms. The molecule has 0 aromatic heterocycles. The van der Waals surface area contributed by atoms with Gasteiger partial charge in [0.15, 0.2) is 0 Å². The van der Waals surface area contributed by atoms with E-state index in [9.17, 15) is 0 Å². The van der Waals surface area contributed by atoms with Crippen LogP contribution in [0.4, 0.5) is 11.4 Å². The molecule has 0 unspecified atom stereocenters. The predicted octanol–water partition coefficient (Wildman–Crippen LogP) is 4.93. The molecule has 2 aliphatic heterocycles. The fourth-order valence-electron chi connectivity index (χ4n) is 2.92. The quantitative estimate of drug-likeness (QED) is 0.607. The summed E-state index contributed by atoms with van der Waals surface area (Å²) in [4.78, 5) is 0. The first-order valence-corrected chi connectivity index (χ1v) is 9.55. The summed E-state index contributed by atoms with van der Waals surface area (Å²) in [6, 6.07) is 15.3. The molecule has 2 aromatic carbocycles. The third-order valence-corrected chi connectivity index (χ3v) is 4.93. The SMILES string of the molecule is CC1(COc2ccc(/N=N/c3ccc(OCC4(C)COC4)cc3)cc2)COC1. The van der Waals surface area contributed by atoms with Crippen LogP contribution in [0.25, 0.3) is 0 Å². The fraction of sp³-hybridized carbons (Fsp3) is 0.455. The van der Waals surface area contributed by atoms with Gasteiger partial charge in [0.25, 0.3) is 0 Å². The van der Waals surface area contributed by atoms with Gasteiger partial charge in [-0.15, -0.1) is 0 Å². The van der Waals surface area contributed by atoms with Gasteiger partial charge in [-0.3, -0.25) is 0 Å². The van der Waals surface area contributed by atoms with Gasteiger partial charge in [-0.1, -0.05) is 13.8 Å². The van der Waals surface area contributed by atoms with Crippen LogP contribution < -0.4 is 9.47 Å². The molecule has 148 valence electrons. The number of azo groups is 1. The number of ether oxygens (including phenoxy) is 4. The van der Waals surface area contributed by atoms with Crippen LogP contribution in [-0.2, 0) is 9.47 Å². The normalized spacial score (nSPS) is 19.6. The minimum atomic E-state index is 0.137. The summed E-state index contributed by atoms with van der Waals surface area (Å²) in [7, 11) is 0. The highest BCUT2D eigenvalue weighted by atomic mass is 16.5. The molecule has 6 heteroatoms. The summed E-state index contributed by atoms with van der Waals surface area (Å²) in [6.45, 7) is 8.69. The monoisotopic (exact) mass is 382 g/mol. The molecule has 0 spiro atoms. The Morgan fingerprint density at radius 3 is 1.32 bits per heavy atom. The molecule has 6 nitrogen and oxygen atoms in total. The van der Waals surface area contributed by atoms with Crippen LogP contribution in [0.5, 0.6) is 11.5 Å². The topological polar surface area (TPSA) is 61.6 Å². The van der Waals surface area contributed by atoms with E-state index in [2.05, 4.69) is 24.1 Å². The standard InChI is InChI=1S/C22H26N2O4/c1-21(11-25-12-21)15-27-19-7-3-17(4-8-19)23-24-18-5-9-20(10-6-18)28-16-22(2)13-26-14-22/h3-10H,11-16H2,1-2H3/b24-23+. The molecule has 0 aliphatic carbocycles. The maximum absolute atomic E-state index is 5.83. The van der Waals surface area contributed by atoms with Gasteiger partial charge in [0.2, 0.25) is 0 Å². The molecule has 4 rings (SSSR count). The Morgan fingerprint density at radius 1 is 0.679 bits per heavy atom. The van der Waals surface area contributed by atoms with E-state index in [4.69, 9.17) is 18.9 Å². The second kappa shape index (κ2) is 7.89. The molecule has 2 heterocycles. The van der Waals surface area contributed by atoms with Gasteiger partial charge in [-0.05, 0) is 48.5 Å². The van der Waals surface area contributed by atoms with Crippen molar-refractivity contribution in [2.75, 3.05) is 39.6 Å². The van der Waals surface area contributed by atoms with Crippen LogP contribution in [0.2, 0.25) is 0 Å². The average Bonchev–Trinajstić information content (AvgIpc) is 2.68. The van der Waals surface area contributed by atoms with Crippen molar-refractivity contribution in [3.8, 4) is 11.5 Å². The Morgan fingerprint density at radius 2 is 1.04 bits per heavy atom. The molecule has 0 bridgehead atoms. The van der Waals surface area contributed by atoms with Gasteiger partial charge < -0.3 is 18.9 Å². The average molecular weight is 382 g/mol. The van der Waals surface area contributed by atoms with Gasteiger partial charge >= 0.3 is 0 Å². The molecule has 0 saturated carbocycles. The van der Waals surface area contributed by atoms with Crippen molar-refractivity contribution in [1.29, 1.82) is 0 Å². The van der Waals surface area contributed by atoms with Crippen LogP contribution in [0.3, 0.4) is 0 Å². The maximum Gasteiger partial charge on any atom is 0.119 e. The fourth-order valence-corrected chi connectivity index (χ4v) is 2.92. The minimum Gasteiger partial charge on any atom is -0.493 e. The van der Waals surface area contributed by atoms with Gasteiger partial charge in [-0.25, -0.2) is 0 Å². The van der Waals surface area contributed by atoms with Crippen molar-refractivity contribution in [3.05, 3.63) is 48.5 Å². The van der Waals surface area contributed by atoms with Crippen molar-refractivity contribution in [2.45, 2.75) is 13.8 Å². The van der Waals surface area contributed by atoms with Crippen LogP contribution in [0, 0.1) is 10.8 Å². The Bertz CT molecular complexity index is 740. The van der Waals surface area contributed by atoms with Gasteiger partial charge in [0.1, 0.15) is 11.5 Å². The Labute approximate surface area is 165 Å². The van der Waals surface area contributed by atoms with Crippen LogP contribution in [-0.4, -0.2) is 39.6 Å². The van der Waals surface area contributed by atoms with Crippen molar-refractivity contribution in [3.63, 3.8) is 0 Å². The molecule has 0 atom stereocenters. The smallest absolute Gasteiger partial charge is 0.119 e. The lowest BCUT2D eigenvalue weighted by Gasteiger charge is -2.37. The van der Waals surface area contributed by atoms with Gasteiger partial charge in [0, 0.05) is 10.8 Å². The van der Waals surface area contributed by atoms with Crippen molar-refractivity contribution in [1.82, 2.24) is 0 Å². The maximum atomic E-state index is 5.83. The van der Waals surface area contributed by atoms with E-state index in [0.29, 0.717) is 13.2 Å². The lowest BCUT2D eigenvalue weighted by Crippen LogP contribution is -2.44. The highest BCUT2D eigenvalue weighted by molar-refractivity contribution is 5.44. The van der Waals surface area contributed by atoms with Crippen molar-refractivity contribution in [2.24, 2.45) is 21.1 Å². The van der Waals surface area contributed by atoms with Gasteiger partial charge in [0.05, 0.1) is 51.0 Å². The molecule has 2 aromatic rings. The summed E-state index contributed by atoms with van der Waals surface area (Å²) in [5, 5.41) is 8.57. The first kappa shape index (κ1) is 18.9. The van der Waals surface area contributed by atoms with Crippen LogP contribution >= 0.6 is 0 Å². The second-order valence-corrected chi connectivity index (χ2v) is 8.37. The number of nitrogens with zero attached hydrogens (tertiary/aromatic N) is 2. The number of benzene rings is 2. The largest absolute Gasteiger partial charge is 0.493 e. The molecule has 2 aliphatic rings. The van der Waals surface area contributed by atoms with E-state index < -0.39 is 0 Å². The minimum absolute atomic E-state index is 0.137. The van der Waals surface area contributed by atoms with E-state index in [1.54, 1.807) is 0 Å². The van der Waals surface area contributed by atoms with E-state index in [1.807, 2.05) is 48.5 Å². The molecule has 0 radical (unpaired) electrons. The second-order valence-electron chi connectivity index (χ2n) is 8.37. The predicted molar refractivity (Wildman–Crippen MR) is 106 cm³/mol. The lowest BCUT2D eigenvalue weighted by molar-refractivity contribution is -0.120. The first-order valence-electron chi connectivity index (χ1n) is 9.55. The van der Waals surface area contributed by atoms with Gasteiger partial charge in [-0.2, -0.15) is 10.2 Å². The van der Waals surface area contributed by atoms with Crippen molar-refractivity contribution >= 4 is 11.4 Å². The Hall–Kier alpha value is -2.44. The zero-order chi connectivity index (χ0) is 19.5. The third kappa shape index (κ3) is 4.69. The summed E-state index contributed by atoms with van der Waals surface area (Å²) in [5.74, 6) is 1.67. The summed E-state index contributed by atoms with van der Waals surface area (Å²) in [5.41, 5.74) is 1.84. The summed E-state index contributed by atoms with van der Waals surface area (Å²) < 4.78 is 22.1. The highest BCUT2D eigenvalue weighted by Crippen LogP contribution is 2.30. The Balaban J connectivity index is 1.27. The van der Waals surface area contributed by atoms with Crippen molar-refractivity contribution < 1.29 is 18.9 Å². The first-order chi connectivity index (χ1) is 13.5. The molecular weight excluding hydrogens is 356 g/mol. The third-order valence-electron chi connectivity index (χ3n) is 4.93. The summed E-state index contributed by atoms with van der Waals surface area (Å²) in [6.07, 6.45) is 0. The van der Waals surface area contributed by atoms with E-state index in [1.165, 1.54) is 0 Å². The van der Waals surface area contributed by atoms with Crippen LogP contribution in [0.15, 0.2) is 58.8 Å². The molecular formula is C22H26N2O4. The summed E-state index contributed by atoms with van der Waals surface area (Å²) >= 11 is 0. The molecule has 2 fully saturated rings. The van der Waals surface area contributed by atoms with Crippen LogP contribution in [0.1, 0.15) is 13.8 Å². The lowest BCUT2D eigenvalue weighted by atomic mass is 9.90. The number of hydrogen-bond acceptors (Lipinski definition) is 6. The number of hydrogen-bond donors (Lipinski definition) is 0. The van der Waals surface area contributed by atoms with E-state index in [0.717, 1.165) is 49.3 Å². The zero-order valence-electron chi connectivity index (χ0n) is 16.4. The number of rotatable bonds is 8. The highest BCUT2D eigenvalue weighted by Gasteiger charge is 2.34. The van der Waals surface area contributed by atoms with E-state index in [-0.39, 0.29) is 10.8 Å².